The van der Waals surface area contributed by atoms with Crippen LogP contribution in [0.5, 0.6) is 0 Å². The maximum Gasteiger partial charge on any atom is 0.240 e. The molecule has 6 nitrogen and oxygen atoms in total. The number of hydrogen-bond acceptors (Lipinski definition) is 5. The van der Waals surface area contributed by atoms with Crippen molar-refractivity contribution in [3.8, 4) is 0 Å². The number of hydrogen-bond donors (Lipinski definition) is 2. The molecule has 1 aromatic heterocycles. The van der Waals surface area contributed by atoms with Crippen LogP contribution in [0.15, 0.2) is 24.3 Å². The molecule has 0 spiro atoms. The SMILES string of the molecule is CCC(C)c1ccccc1NC(=O)C1CCCN(CC(=O)Nc2nc(C)c(C)s2)C1. The number of piperidine rings is 1. The smallest absolute Gasteiger partial charge is 0.240 e. The van der Waals surface area contributed by atoms with E-state index in [2.05, 4.69) is 40.4 Å². The number of para-hydroxylation sites is 1. The van der Waals surface area contributed by atoms with Gasteiger partial charge in [0.2, 0.25) is 11.8 Å². The van der Waals surface area contributed by atoms with E-state index in [4.69, 9.17) is 0 Å². The minimum atomic E-state index is -0.110. The Morgan fingerprint density at radius 2 is 2.03 bits per heavy atom. The quantitative estimate of drug-likeness (QED) is 0.678. The van der Waals surface area contributed by atoms with Crippen molar-refractivity contribution < 1.29 is 9.59 Å². The van der Waals surface area contributed by atoms with E-state index in [0.717, 1.165) is 42.1 Å². The molecule has 1 aromatic carbocycles. The van der Waals surface area contributed by atoms with E-state index in [1.165, 1.54) is 16.9 Å². The molecule has 2 unspecified atom stereocenters. The van der Waals surface area contributed by atoms with E-state index in [1.807, 2.05) is 32.0 Å². The van der Waals surface area contributed by atoms with Gasteiger partial charge in [-0.25, -0.2) is 4.98 Å². The fourth-order valence-electron chi connectivity index (χ4n) is 3.80. The van der Waals surface area contributed by atoms with Gasteiger partial charge in [-0.1, -0.05) is 32.0 Å². The highest BCUT2D eigenvalue weighted by Crippen LogP contribution is 2.28. The molecule has 0 radical (unpaired) electrons. The summed E-state index contributed by atoms with van der Waals surface area (Å²) in [5, 5.41) is 6.67. The van der Waals surface area contributed by atoms with Crippen LogP contribution in [0.25, 0.3) is 0 Å². The molecule has 2 heterocycles. The summed E-state index contributed by atoms with van der Waals surface area (Å²) in [6.45, 7) is 9.98. The maximum atomic E-state index is 12.9. The molecule has 0 bridgehead atoms. The van der Waals surface area contributed by atoms with Crippen LogP contribution in [0.4, 0.5) is 10.8 Å². The second kappa shape index (κ2) is 10.2. The van der Waals surface area contributed by atoms with E-state index in [1.54, 1.807) is 0 Å². The Morgan fingerprint density at radius 3 is 2.73 bits per heavy atom. The number of carbonyl (C=O) groups excluding carboxylic acids is 2. The lowest BCUT2D eigenvalue weighted by atomic mass is 9.94. The molecule has 0 saturated carbocycles. The van der Waals surface area contributed by atoms with Crippen molar-refractivity contribution in [1.82, 2.24) is 9.88 Å². The predicted molar refractivity (Wildman–Crippen MR) is 123 cm³/mol. The second-order valence-electron chi connectivity index (χ2n) is 8.17. The highest BCUT2D eigenvalue weighted by atomic mass is 32.1. The molecule has 2 aromatic rings. The van der Waals surface area contributed by atoms with Crippen LogP contribution in [-0.4, -0.2) is 41.3 Å². The lowest BCUT2D eigenvalue weighted by Gasteiger charge is -2.31. The van der Waals surface area contributed by atoms with Gasteiger partial charge in [0.15, 0.2) is 5.13 Å². The van der Waals surface area contributed by atoms with Gasteiger partial charge in [0.1, 0.15) is 0 Å². The van der Waals surface area contributed by atoms with Crippen LogP contribution in [0.1, 0.15) is 55.2 Å². The van der Waals surface area contributed by atoms with E-state index < -0.39 is 0 Å². The molecule has 2 atom stereocenters. The Bertz CT molecular complexity index is 876. The molecular formula is C23H32N4O2S. The van der Waals surface area contributed by atoms with Crippen molar-refractivity contribution >= 4 is 34.0 Å². The fourth-order valence-corrected chi connectivity index (χ4v) is 4.63. The number of aryl methyl sites for hydroxylation is 2. The summed E-state index contributed by atoms with van der Waals surface area (Å²) in [7, 11) is 0. The number of nitrogens with one attached hydrogen (secondary N) is 2. The van der Waals surface area contributed by atoms with Gasteiger partial charge in [-0.05, 0) is 57.2 Å². The van der Waals surface area contributed by atoms with Crippen LogP contribution >= 0.6 is 11.3 Å². The van der Waals surface area contributed by atoms with Crippen LogP contribution in [-0.2, 0) is 9.59 Å². The zero-order valence-corrected chi connectivity index (χ0v) is 19.1. The van der Waals surface area contributed by atoms with Gasteiger partial charge < -0.3 is 10.6 Å². The molecule has 0 aliphatic carbocycles. The minimum Gasteiger partial charge on any atom is -0.326 e. The number of nitrogens with zero attached hydrogens (tertiary/aromatic N) is 2. The molecule has 1 saturated heterocycles. The molecule has 7 heteroatoms. The van der Waals surface area contributed by atoms with Crippen molar-refractivity contribution in [2.45, 2.75) is 52.9 Å². The first-order valence-corrected chi connectivity index (χ1v) is 11.5. The van der Waals surface area contributed by atoms with Gasteiger partial charge in [-0.2, -0.15) is 0 Å². The molecule has 162 valence electrons. The zero-order chi connectivity index (χ0) is 21.7. The second-order valence-corrected chi connectivity index (χ2v) is 9.37. The van der Waals surface area contributed by atoms with Crippen molar-refractivity contribution in [3.63, 3.8) is 0 Å². The number of amides is 2. The standard InChI is InChI=1S/C23H32N4O2S/c1-5-15(2)19-10-6-7-11-20(19)25-22(29)18-9-8-12-27(13-18)14-21(28)26-23-24-16(3)17(4)30-23/h6-7,10-11,15,18H,5,8-9,12-14H2,1-4H3,(H,25,29)(H,24,26,28). The summed E-state index contributed by atoms with van der Waals surface area (Å²) < 4.78 is 0. The topological polar surface area (TPSA) is 74.3 Å². The monoisotopic (exact) mass is 428 g/mol. The van der Waals surface area contributed by atoms with Crippen LogP contribution in [0.2, 0.25) is 0 Å². The largest absolute Gasteiger partial charge is 0.326 e. The van der Waals surface area contributed by atoms with Crippen LogP contribution < -0.4 is 10.6 Å². The van der Waals surface area contributed by atoms with Crippen LogP contribution in [0.3, 0.4) is 0 Å². The molecule has 1 fully saturated rings. The van der Waals surface area contributed by atoms with E-state index in [0.29, 0.717) is 17.6 Å². The van der Waals surface area contributed by atoms with Gasteiger partial charge in [-0.3, -0.25) is 14.5 Å². The molecule has 30 heavy (non-hydrogen) atoms. The predicted octanol–water partition coefficient (Wildman–Crippen LogP) is 4.56. The highest BCUT2D eigenvalue weighted by Gasteiger charge is 2.27. The Kier molecular flexibility index (Phi) is 7.61. The number of likely N-dealkylation sites (tertiary alicyclic amines) is 1. The van der Waals surface area contributed by atoms with Crippen molar-refractivity contribution in [3.05, 3.63) is 40.4 Å². The van der Waals surface area contributed by atoms with E-state index in [9.17, 15) is 9.59 Å². The average Bonchev–Trinajstić information content (AvgIpc) is 3.04. The number of aromatic nitrogens is 1. The molecule has 1 aliphatic rings. The summed E-state index contributed by atoms with van der Waals surface area (Å²) in [6, 6.07) is 8.04. The third-order valence-corrected chi connectivity index (χ3v) is 6.87. The maximum absolute atomic E-state index is 12.9. The van der Waals surface area contributed by atoms with E-state index >= 15 is 0 Å². The first-order valence-electron chi connectivity index (χ1n) is 10.7. The van der Waals surface area contributed by atoms with Crippen molar-refractivity contribution in [2.24, 2.45) is 5.92 Å². The number of thiazole rings is 1. The summed E-state index contributed by atoms with van der Waals surface area (Å²) in [4.78, 5) is 32.9. The van der Waals surface area contributed by atoms with Gasteiger partial charge in [-0.15, -0.1) is 11.3 Å². The summed E-state index contributed by atoms with van der Waals surface area (Å²) in [6.07, 6.45) is 2.78. The van der Waals surface area contributed by atoms with Gasteiger partial charge in [0, 0.05) is 17.1 Å². The molecule has 2 amide bonds. The fraction of sp³-hybridized carbons (Fsp3) is 0.522. The van der Waals surface area contributed by atoms with Crippen LogP contribution in [0, 0.1) is 19.8 Å². The van der Waals surface area contributed by atoms with Gasteiger partial charge >= 0.3 is 0 Å². The number of anilines is 2. The summed E-state index contributed by atoms with van der Waals surface area (Å²) in [5.74, 6) is 0.251. The molecular weight excluding hydrogens is 396 g/mol. The Hall–Kier alpha value is -2.25. The number of carbonyl (C=O) groups is 2. The molecule has 1 aliphatic heterocycles. The van der Waals surface area contributed by atoms with Gasteiger partial charge in [0.05, 0.1) is 18.2 Å². The van der Waals surface area contributed by atoms with Crippen molar-refractivity contribution in [2.75, 3.05) is 30.3 Å². The average molecular weight is 429 g/mol. The van der Waals surface area contributed by atoms with E-state index in [-0.39, 0.29) is 24.3 Å². The molecule has 3 rings (SSSR count). The highest BCUT2D eigenvalue weighted by molar-refractivity contribution is 7.15. The Morgan fingerprint density at radius 1 is 1.27 bits per heavy atom. The van der Waals surface area contributed by atoms with Gasteiger partial charge in [0.25, 0.3) is 0 Å². The number of rotatable bonds is 7. The Labute approximate surface area is 183 Å². The summed E-state index contributed by atoms with van der Waals surface area (Å²) >= 11 is 1.49. The minimum absolute atomic E-state index is 0.0436. The normalized spacial score (nSPS) is 18.1. The lowest BCUT2D eigenvalue weighted by molar-refractivity contribution is -0.123. The first-order chi connectivity index (χ1) is 14.4. The van der Waals surface area contributed by atoms with Crippen molar-refractivity contribution in [1.29, 1.82) is 0 Å². The molecule has 2 N–H and O–H groups in total. The zero-order valence-electron chi connectivity index (χ0n) is 18.3. The Balaban J connectivity index is 1.56. The number of benzene rings is 1. The lowest BCUT2D eigenvalue weighted by Crippen LogP contribution is -2.44. The first kappa shape index (κ1) is 22.4. The summed E-state index contributed by atoms with van der Waals surface area (Å²) in [5.41, 5.74) is 3.03. The third-order valence-electron chi connectivity index (χ3n) is 5.88. The third kappa shape index (κ3) is 5.67.